The summed E-state index contributed by atoms with van der Waals surface area (Å²) >= 11 is 5.34. The fraction of sp³-hybridized carbons (Fsp3) is 0.333. The Morgan fingerprint density at radius 3 is 2.53 bits per heavy atom. The predicted octanol–water partition coefficient (Wildman–Crippen LogP) is 4.85. The average Bonchev–Trinajstić information content (AvgIpc) is 2.72. The summed E-state index contributed by atoms with van der Waals surface area (Å²) < 4.78 is 14.1. The van der Waals surface area contributed by atoms with E-state index in [0.29, 0.717) is 0 Å². The molecule has 1 nitrogen and oxygen atoms in total. The number of hydrogen-bond acceptors (Lipinski definition) is 2. The number of nitrogens with one attached hydrogen (secondary N) is 1. The van der Waals surface area contributed by atoms with Gasteiger partial charge in [0.25, 0.3) is 0 Å². The van der Waals surface area contributed by atoms with Gasteiger partial charge in [-0.3, -0.25) is 0 Å². The van der Waals surface area contributed by atoms with Gasteiger partial charge < -0.3 is 5.32 Å². The minimum atomic E-state index is -0.182. The molecule has 102 valence electrons. The van der Waals surface area contributed by atoms with E-state index in [2.05, 4.69) is 41.2 Å². The van der Waals surface area contributed by atoms with Crippen LogP contribution in [0.25, 0.3) is 0 Å². The van der Waals surface area contributed by atoms with Crippen molar-refractivity contribution in [1.82, 2.24) is 5.32 Å². The molecule has 19 heavy (non-hydrogen) atoms. The summed E-state index contributed by atoms with van der Waals surface area (Å²) in [4.78, 5) is 1.32. The summed E-state index contributed by atoms with van der Waals surface area (Å²) in [5, 5.41) is 3.50. The summed E-state index contributed by atoms with van der Waals surface area (Å²) in [6.45, 7) is 5.12. The molecule has 0 amide bonds. The van der Waals surface area contributed by atoms with E-state index in [1.54, 1.807) is 11.3 Å². The molecule has 1 aromatic carbocycles. The lowest BCUT2D eigenvalue weighted by atomic mass is 10.0. The van der Waals surface area contributed by atoms with Gasteiger partial charge in [-0.1, -0.05) is 19.1 Å². The number of halogens is 2. The second kappa shape index (κ2) is 6.64. The van der Waals surface area contributed by atoms with Crippen LogP contribution in [0.1, 0.15) is 29.0 Å². The second-order valence-electron chi connectivity index (χ2n) is 4.55. The first-order valence-corrected chi connectivity index (χ1v) is 7.94. The minimum absolute atomic E-state index is 0.182. The number of benzene rings is 1. The van der Waals surface area contributed by atoms with Crippen LogP contribution in [0.15, 0.2) is 34.1 Å². The van der Waals surface area contributed by atoms with E-state index in [9.17, 15) is 4.39 Å². The topological polar surface area (TPSA) is 12.0 Å². The Balaban J connectivity index is 2.18. The van der Waals surface area contributed by atoms with Crippen molar-refractivity contribution in [3.8, 4) is 0 Å². The van der Waals surface area contributed by atoms with E-state index < -0.39 is 0 Å². The lowest BCUT2D eigenvalue weighted by Gasteiger charge is -2.16. The zero-order valence-electron chi connectivity index (χ0n) is 11.0. The smallest absolute Gasteiger partial charge is 0.123 e. The molecule has 0 fully saturated rings. The lowest BCUT2D eigenvalue weighted by Crippen LogP contribution is -2.22. The monoisotopic (exact) mass is 341 g/mol. The van der Waals surface area contributed by atoms with E-state index >= 15 is 0 Å². The largest absolute Gasteiger partial charge is 0.309 e. The normalized spacial score (nSPS) is 12.6. The van der Waals surface area contributed by atoms with Crippen LogP contribution >= 0.6 is 27.3 Å². The van der Waals surface area contributed by atoms with Gasteiger partial charge in [0.2, 0.25) is 0 Å². The summed E-state index contributed by atoms with van der Waals surface area (Å²) in [6, 6.07) is 9.25. The van der Waals surface area contributed by atoms with E-state index in [4.69, 9.17) is 0 Å². The molecule has 4 heteroatoms. The lowest BCUT2D eigenvalue weighted by molar-refractivity contribution is 0.557. The molecule has 0 aliphatic heterocycles. The number of likely N-dealkylation sites (N-methyl/N-ethyl adjacent to an activating group) is 1. The standard InChI is InChI=1S/C15H17BrFNS/c1-3-18-13(14-8-10(2)15(16)19-14)9-11-4-6-12(17)7-5-11/h4-8,13,18H,3,9H2,1-2H3. The first-order chi connectivity index (χ1) is 9.10. The van der Waals surface area contributed by atoms with Gasteiger partial charge in [-0.2, -0.15) is 0 Å². The van der Waals surface area contributed by atoms with Gasteiger partial charge in [-0.15, -0.1) is 11.3 Å². The first kappa shape index (κ1) is 14.7. The Morgan fingerprint density at radius 2 is 2.00 bits per heavy atom. The SMILES string of the molecule is CCNC(Cc1ccc(F)cc1)c1cc(C)c(Br)s1. The van der Waals surface area contributed by atoms with Gasteiger partial charge in [0.15, 0.2) is 0 Å². The van der Waals surface area contributed by atoms with Crippen LogP contribution in [0.3, 0.4) is 0 Å². The molecule has 1 N–H and O–H groups in total. The zero-order chi connectivity index (χ0) is 13.8. The molecule has 0 saturated heterocycles. The van der Waals surface area contributed by atoms with Crippen molar-refractivity contribution in [1.29, 1.82) is 0 Å². The van der Waals surface area contributed by atoms with Gasteiger partial charge in [0, 0.05) is 10.9 Å². The molecule has 1 aromatic heterocycles. The van der Waals surface area contributed by atoms with Crippen molar-refractivity contribution < 1.29 is 4.39 Å². The minimum Gasteiger partial charge on any atom is -0.309 e. The van der Waals surface area contributed by atoms with E-state index in [0.717, 1.165) is 18.5 Å². The maximum atomic E-state index is 12.9. The van der Waals surface area contributed by atoms with E-state index in [1.807, 2.05) is 12.1 Å². The number of rotatable bonds is 5. The number of thiophene rings is 1. The maximum Gasteiger partial charge on any atom is 0.123 e. The van der Waals surface area contributed by atoms with Crippen molar-refractivity contribution in [3.05, 3.63) is 55.9 Å². The highest BCUT2D eigenvalue weighted by Crippen LogP contribution is 2.32. The van der Waals surface area contributed by atoms with Crippen LogP contribution in [0, 0.1) is 12.7 Å². The molecule has 2 rings (SSSR count). The Bertz CT molecular complexity index is 516. The predicted molar refractivity (Wildman–Crippen MR) is 83.3 cm³/mol. The average molecular weight is 342 g/mol. The van der Waals surface area contributed by atoms with Crippen molar-refractivity contribution in [2.24, 2.45) is 0 Å². The number of hydrogen-bond donors (Lipinski definition) is 1. The Morgan fingerprint density at radius 1 is 1.32 bits per heavy atom. The molecule has 0 spiro atoms. The quantitative estimate of drug-likeness (QED) is 0.819. The highest BCUT2D eigenvalue weighted by Gasteiger charge is 2.15. The summed E-state index contributed by atoms with van der Waals surface area (Å²) in [5.41, 5.74) is 2.41. The van der Waals surface area contributed by atoms with Crippen LogP contribution in [-0.2, 0) is 6.42 Å². The Labute approximate surface area is 126 Å². The molecular formula is C15H17BrFNS. The van der Waals surface area contributed by atoms with Gasteiger partial charge in [-0.05, 0) is 65.1 Å². The summed E-state index contributed by atoms with van der Waals surface area (Å²) in [5.74, 6) is -0.182. The fourth-order valence-electron chi connectivity index (χ4n) is 2.03. The Hall–Kier alpha value is -0.710. The third-order valence-corrected chi connectivity index (χ3v) is 5.27. The van der Waals surface area contributed by atoms with Crippen molar-refractivity contribution in [2.75, 3.05) is 6.54 Å². The molecule has 0 aliphatic rings. The molecule has 0 saturated carbocycles. The van der Waals surface area contributed by atoms with Crippen LogP contribution in [0.4, 0.5) is 4.39 Å². The fourth-order valence-corrected chi connectivity index (χ4v) is 3.68. The third kappa shape index (κ3) is 3.88. The van der Waals surface area contributed by atoms with Crippen LogP contribution in [0.5, 0.6) is 0 Å². The maximum absolute atomic E-state index is 12.9. The number of aryl methyl sites for hydroxylation is 1. The van der Waals surface area contributed by atoms with Crippen molar-refractivity contribution in [3.63, 3.8) is 0 Å². The second-order valence-corrected chi connectivity index (χ2v) is 6.95. The molecule has 0 bridgehead atoms. The third-order valence-electron chi connectivity index (χ3n) is 3.02. The molecule has 1 unspecified atom stereocenters. The van der Waals surface area contributed by atoms with E-state index in [-0.39, 0.29) is 11.9 Å². The molecule has 1 heterocycles. The van der Waals surface area contributed by atoms with Gasteiger partial charge in [-0.25, -0.2) is 4.39 Å². The summed E-state index contributed by atoms with van der Waals surface area (Å²) in [7, 11) is 0. The highest BCUT2D eigenvalue weighted by atomic mass is 79.9. The van der Waals surface area contributed by atoms with Gasteiger partial charge in [0.05, 0.1) is 3.79 Å². The molecular weight excluding hydrogens is 325 g/mol. The molecule has 1 atom stereocenters. The molecule has 0 aliphatic carbocycles. The molecule has 2 aromatic rings. The van der Waals surface area contributed by atoms with Crippen LogP contribution in [0.2, 0.25) is 0 Å². The van der Waals surface area contributed by atoms with Gasteiger partial charge in [0.1, 0.15) is 5.82 Å². The van der Waals surface area contributed by atoms with Crippen LogP contribution < -0.4 is 5.32 Å². The summed E-state index contributed by atoms with van der Waals surface area (Å²) in [6.07, 6.45) is 0.876. The highest BCUT2D eigenvalue weighted by molar-refractivity contribution is 9.11. The van der Waals surface area contributed by atoms with Crippen molar-refractivity contribution in [2.45, 2.75) is 26.3 Å². The van der Waals surface area contributed by atoms with E-state index in [1.165, 1.54) is 26.4 Å². The Kier molecular flexibility index (Phi) is 5.13. The van der Waals surface area contributed by atoms with Crippen molar-refractivity contribution >= 4 is 27.3 Å². The zero-order valence-corrected chi connectivity index (χ0v) is 13.4. The molecule has 0 radical (unpaired) electrons. The van der Waals surface area contributed by atoms with Gasteiger partial charge >= 0.3 is 0 Å². The van der Waals surface area contributed by atoms with Crippen LogP contribution in [-0.4, -0.2) is 6.54 Å². The first-order valence-electron chi connectivity index (χ1n) is 6.33.